The molecular formula is C28H28FN7O2. The summed E-state index contributed by atoms with van der Waals surface area (Å²) in [6.45, 7) is 7.69. The molecule has 38 heavy (non-hydrogen) atoms. The van der Waals surface area contributed by atoms with Crippen molar-refractivity contribution in [1.82, 2.24) is 25.1 Å². The first-order valence-electron chi connectivity index (χ1n) is 12.0. The van der Waals surface area contributed by atoms with Crippen molar-refractivity contribution in [3.63, 3.8) is 0 Å². The lowest BCUT2D eigenvalue weighted by Gasteiger charge is -2.16. The Balaban J connectivity index is 1.63. The number of para-hydroxylation sites is 1. The van der Waals surface area contributed by atoms with E-state index in [0.717, 1.165) is 0 Å². The van der Waals surface area contributed by atoms with Gasteiger partial charge in [-0.3, -0.25) is 4.79 Å². The molecular weight excluding hydrogens is 485 g/mol. The number of aromatic nitrogens is 4. The topological polar surface area (TPSA) is 132 Å². The van der Waals surface area contributed by atoms with Crippen molar-refractivity contribution in [1.29, 1.82) is 5.26 Å². The van der Waals surface area contributed by atoms with Crippen LogP contribution in [0.3, 0.4) is 0 Å². The van der Waals surface area contributed by atoms with E-state index in [1.807, 2.05) is 45.0 Å². The van der Waals surface area contributed by atoms with Gasteiger partial charge in [0.25, 0.3) is 5.91 Å². The normalized spacial score (nSPS) is 12.7. The number of fused-ring (bicyclic) bond motifs is 1. The second-order valence-electron chi connectivity index (χ2n) is 9.96. The number of carbonyl (C=O) groups excluding carboxylic acids is 1. The Labute approximate surface area is 219 Å². The second-order valence-corrected chi connectivity index (χ2v) is 9.96. The summed E-state index contributed by atoms with van der Waals surface area (Å²) in [4.78, 5) is 21.0. The number of carbonyl (C=O) groups is 1. The maximum atomic E-state index is 15.3. The standard InChI is InChI=1S/C28H28FN7O2/c1-17(34-27(37)18(14-30)13-28(2,3)4)15-36-26-23(25(31)32-16-33-26)24(35-36)21-11-10-20(12-22(21)29)38-19-8-6-5-7-9-19/h5-13,16-17H,15H2,1-4H3,(H,34,37)(H2,31,32,33)/b18-13+/t17-/m1/s1. The summed E-state index contributed by atoms with van der Waals surface area (Å²) in [5.41, 5.74) is 6.71. The molecule has 2 heterocycles. The van der Waals surface area contributed by atoms with E-state index in [2.05, 4.69) is 20.4 Å². The van der Waals surface area contributed by atoms with E-state index in [4.69, 9.17) is 10.5 Å². The maximum absolute atomic E-state index is 15.3. The van der Waals surface area contributed by atoms with E-state index < -0.39 is 17.8 Å². The van der Waals surface area contributed by atoms with E-state index in [9.17, 15) is 10.1 Å². The molecule has 0 spiro atoms. The molecule has 0 aliphatic heterocycles. The molecule has 0 aliphatic carbocycles. The number of hydrogen-bond acceptors (Lipinski definition) is 7. The minimum atomic E-state index is -0.555. The third kappa shape index (κ3) is 5.95. The smallest absolute Gasteiger partial charge is 0.261 e. The zero-order valence-corrected chi connectivity index (χ0v) is 21.6. The predicted molar refractivity (Wildman–Crippen MR) is 142 cm³/mol. The number of halogens is 1. The van der Waals surface area contributed by atoms with Crippen LogP contribution in [0.15, 0.2) is 66.5 Å². The van der Waals surface area contributed by atoms with Crippen LogP contribution in [0, 0.1) is 22.6 Å². The average molecular weight is 514 g/mol. The summed E-state index contributed by atoms with van der Waals surface area (Å²) in [7, 11) is 0. The molecule has 1 amide bonds. The van der Waals surface area contributed by atoms with Gasteiger partial charge in [-0.25, -0.2) is 19.0 Å². The molecule has 9 nitrogen and oxygen atoms in total. The summed E-state index contributed by atoms with van der Waals surface area (Å²) in [6.07, 6.45) is 2.92. The average Bonchev–Trinajstić information content (AvgIpc) is 3.21. The van der Waals surface area contributed by atoms with Crippen LogP contribution in [0.4, 0.5) is 10.2 Å². The van der Waals surface area contributed by atoms with Gasteiger partial charge in [0.15, 0.2) is 5.65 Å². The van der Waals surface area contributed by atoms with E-state index in [-0.39, 0.29) is 34.6 Å². The Hall–Kier alpha value is -4.78. The fraction of sp³-hybridized carbons (Fsp3) is 0.250. The van der Waals surface area contributed by atoms with Gasteiger partial charge in [0.1, 0.15) is 46.8 Å². The monoisotopic (exact) mass is 513 g/mol. The lowest BCUT2D eigenvalue weighted by atomic mass is 9.93. The van der Waals surface area contributed by atoms with Crippen molar-refractivity contribution < 1.29 is 13.9 Å². The fourth-order valence-corrected chi connectivity index (χ4v) is 3.91. The Bertz CT molecular complexity index is 1550. The Kier molecular flexibility index (Phi) is 7.39. The molecule has 0 saturated heterocycles. The van der Waals surface area contributed by atoms with Gasteiger partial charge in [-0.1, -0.05) is 45.0 Å². The van der Waals surface area contributed by atoms with Gasteiger partial charge < -0.3 is 15.8 Å². The third-order valence-corrected chi connectivity index (χ3v) is 5.50. The third-order valence-electron chi connectivity index (χ3n) is 5.50. The number of allylic oxidation sites excluding steroid dienone is 1. The number of rotatable bonds is 7. The van der Waals surface area contributed by atoms with Gasteiger partial charge in [0.2, 0.25) is 0 Å². The number of nitrogens with two attached hydrogens (primary N) is 1. The van der Waals surface area contributed by atoms with E-state index in [1.165, 1.54) is 12.4 Å². The number of nitriles is 1. The zero-order chi connectivity index (χ0) is 27.4. The number of hydrogen-bond donors (Lipinski definition) is 2. The van der Waals surface area contributed by atoms with Crippen LogP contribution in [0.25, 0.3) is 22.3 Å². The highest BCUT2D eigenvalue weighted by Gasteiger charge is 2.22. The van der Waals surface area contributed by atoms with Crippen molar-refractivity contribution in [2.45, 2.75) is 40.3 Å². The van der Waals surface area contributed by atoms with E-state index >= 15 is 4.39 Å². The molecule has 0 aliphatic rings. The number of nitrogens with one attached hydrogen (secondary N) is 1. The minimum absolute atomic E-state index is 0.0295. The number of anilines is 1. The predicted octanol–water partition coefficient (Wildman–Crippen LogP) is 5.01. The molecule has 4 aromatic rings. The number of nitrogen functional groups attached to an aromatic ring is 1. The number of nitrogens with zero attached hydrogens (tertiary/aromatic N) is 5. The summed E-state index contributed by atoms with van der Waals surface area (Å²) in [5.74, 6) is 0.0245. The fourth-order valence-electron chi connectivity index (χ4n) is 3.91. The summed E-state index contributed by atoms with van der Waals surface area (Å²) >= 11 is 0. The molecule has 2 aromatic heterocycles. The van der Waals surface area contributed by atoms with Crippen LogP contribution in [0.5, 0.6) is 11.5 Å². The van der Waals surface area contributed by atoms with E-state index in [0.29, 0.717) is 22.5 Å². The molecule has 1 atom stereocenters. The SMILES string of the molecule is C[C@H](Cn1nc(-c2ccc(Oc3ccccc3)cc2F)c2c(N)ncnc21)NC(=O)/C(C#N)=C/C(C)(C)C. The Morgan fingerprint density at radius 2 is 1.95 bits per heavy atom. The van der Waals surface area contributed by atoms with Crippen molar-refractivity contribution in [2.75, 3.05) is 5.73 Å². The molecule has 0 fully saturated rings. The second kappa shape index (κ2) is 10.7. The van der Waals surface area contributed by atoms with Gasteiger partial charge in [-0.15, -0.1) is 0 Å². The first-order chi connectivity index (χ1) is 18.1. The minimum Gasteiger partial charge on any atom is -0.457 e. The molecule has 0 unspecified atom stereocenters. The lowest BCUT2D eigenvalue weighted by molar-refractivity contribution is -0.117. The zero-order valence-electron chi connectivity index (χ0n) is 21.6. The molecule has 0 radical (unpaired) electrons. The van der Waals surface area contributed by atoms with Crippen LogP contribution >= 0.6 is 0 Å². The largest absolute Gasteiger partial charge is 0.457 e. The van der Waals surface area contributed by atoms with Crippen LogP contribution in [0.1, 0.15) is 27.7 Å². The van der Waals surface area contributed by atoms with Gasteiger partial charge in [-0.2, -0.15) is 10.4 Å². The van der Waals surface area contributed by atoms with Crippen molar-refractivity contribution in [2.24, 2.45) is 5.41 Å². The highest BCUT2D eigenvalue weighted by atomic mass is 19.1. The Morgan fingerprint density at radius 3 is 2.61 bits per heavy atom. The lowest BCUT2D eigenvalue weighted by Crippen LogP contribution is -2.37. The highest BCUT2D eigenvalue weighted by molar-refractivity contribution is 5.99. The first kappa shape index (κ1) is 26.3. The molecule has 3 N–H and O–H groups in total. The number of ether oxygens (including phenoxy) is 1. The van der Waals surface area contributed by atoms with E-state index in [1.54, 1.807) is 41.9 Å². The summed E-state index contributed by atoms with van der Waals surface area (Å²) < 4.78 is 22.6. The highest BCUT2D eigenvalue weighted by Crippen LogP contribution is 2.34. The van der Waals surface area contributed by atoms with Gasteiger partial charge >= 0.3 is 0 Å². The molecule has 10 heteroatoms. The Morgan fingerprint density at radius 1 is 1.21 bits per heavy atom. The van der Waals surface area contributed by atoms with Crippen molar-refractivity contribution in [3.05, 3.63) is 72.3 Å². The number of benzene rings is 2. The molecule has 0 saturated carbocycles. The van der Waals surface area contributed by atoms with Crippen molar-refractivity contribution >= 4 is 22.8 Å². The summed E-state index contributed by atoms with van der Waals surface area (Å²) in [6, 6.07) is 15.1. The molecule has 4 rings (SSSR count). The molecule has 0 bridgehead atoms. The quantitative estimate of drug-likeness (QED) is 0.262. The van der Waals surface area contributed by atoms with Crippen LogP contribution in [0.2, 0.25) is 0 Å². The van der Waals surface area contributed by atoms with Gasteiger partial charge in [0.05, 0.1) is 11.9 Å². The molecule has 2 aromatic carbocycles. The summed E-state index contributed by atoms with van der Waals surface area (Å²) in [5, 5.41) is 17.2. The number of amides is 1. The maximum Gasteiger partial charge on any atom is 0.261 e. The van der Waals surface area contributed by atoms with Crippen LogP contribution in [-0.4, -0.2) is 31.7 Å². The first-order valence-corrected chi connectivity index (χ1v) is 12.0. The molecule has 194 valence electrons. The van der Waals surface area contributed by atoms with Gasteiger partial charge in [0, 0.05) is 17.7 Å². The van der Waals surface area contributed by atoms with Crippen LogP contribution in [-0.2, 0) is 11.3 Å². The van der Waals surface area contributed by atoms with Crippen LogP contribution < -0.4 is 15.8 Å². The van der Waals surface area contributed by atoms with Crippen molar-refractivity contribution in [3.8, 4) is 28.8 Å². The van der Waals surface area contributed by atoms with Gasteiger partial charge in [-0.05, 0) is 36.6 Å².